The maximum absolute atomic E-state index is 12.1. The molecule has 1 aromatic rings. The topological polar surface area (TPSA) is 86.4 Å². The van der Waals surface area contributed by atoms with Gasteiger partial charge in [0.15, 0.2) is 0 Å². The van der Waals surface area contributed by atoms with Crippen LogP contribution in [-0.2, 0) is 16.0 Å². The quantitative estimate of drug-likeness (QED) is 0.714. The third-order valence-electron chi connectivity index (χ3n) is 3.08. The first-order valence-corrected chi connectivity index (χ1v) is 5.39. The third-order valence-corrected chi connectivity index (χ3v) is 3.08. The molecule has 2 rings (SSSR count). The minimum Gasteiger partial charge on any atom is -0.467 e. The number of carbonyl (C=O) groups excluding carboxylic acids is 1. The SMILES string of the molecule is CNc1cc(N)c2n(c1=O)C(C(=O)OC)CC2. The molecule has 0 fully saturated rings. The highest BCUT2D eigenvalue weighted by Gasteiger charge is 2.32. The Morgan fingerprint density at radius 1 is 1.65 bits per heavy atom. The van der Waals surface area contributed by atoms with Gasteiger partial charge >= 0.3 is 5.97 Å². The smallest absolute Gasteiger partial charge is 0.328 e. The Hall–Kier alpha value is -1.98. The second-order valence-electron chi connectivity index (χ2n) is 3.96. The highest BCUT2D eigenvalue weighted by Crippen LogP contribution is 2.29. The van der Waals surface area contributed by atoms with Gasteiger partial charge in [-0.3, -0.25) is 9.36 Å². The Morgan fingerprint density at radius 3 is 2.94 bits per heavy atom. The Bertz CT molecular complexity index is 521. The second-order valence-corrected chi connectivity index (χ2v) is 3.96. The molecule has 1 atom stereocenters. The number of fused-ring (bicyclic) bond motifs is 1. The zero-order valence-electron chi connectivity index (χ0n) is 9.82. The van der Waals surface area contributed by atoms with Crippen LogP contribution in [0.3, 0.4) is 0 Å². The predicted octanol–water partition coefficient (Wildman–Crippen LogP) is 0.132. The number of hydrogen-bond donors (Lipinski definition) is 2. The first-order chi connectivity index (χ1) is 8.10. The van der Waals surface area contributed by atoms with Gasteiger partial charge in [0.25, 0.3) is 5.56 Å². The van der Waals surface area contributed by atoms with Crippen LogP contribution in [0.15, 0.2) is 10.9 Å². The van der Waals surface area contributed by atoms with E-state index >= 15 is 0 Å². The average Bonchev–Trinajstić information content (AvgIpc) is 2.78. The molecule has 17 heavy (non-hydrogen) atoms. The number of esters is 1. The van der Waals surface area contributed by atoms with E-state index in [1.54, 1.807) is 13.1 Å². The summed E-state index contributed by atoms with van der Waals surface area (Å²) in [6, 6.07) is 1.05. The minimum atomic E-state index is -0.557. The Labute approximate surface area is 98.4 Å². The lowest BCUT2D eigenvalue weighted by Gasteiger charge is -2.14. The molecule has 3 N–H and O–H groups in total. The molecule has 92 valence electrons. The number of nitrogen functional groups attached to an aromatic ring is 1. The van der Waals surface area contributed by atoms with E-state index in [2.05, 4.69) is 5.32 Å². The van der Waals surface area contributed by atoms with Crippen molar-refractivity contribution < 1.29 is 9.53 Å². The zero-order valence-corrected chi connectivity index (χ0v) is 9.82. The van der Waals surface area contributed by atoms with Crippen LogP contribution in [0.1, 0.15) is 18.2 Å². The van der Waals surface area contributed by atoms with Crippen LogP contribution in [0.5, 0.6) is 0 Å². The highest BCUT2D eigenvalue weighted by molar-refractivity contribution is 5.76. The van der Waals surface area contributed by atoms with Crippen molar-refractivity contribution in [3.05, 3.63) is 22.1 Å². The zero-order chi connectivity index (χ0) is 12.6. The minimum absolute atomic E-state index is 0.232. The molecule has 1 aromatic heterocycles. The fraction of sp³-hybridized carbons (Fsp3) is 0.455. The summed E-state index contributed by atoms with van der Waals surface area (Å²) in [5, 5.41) is 2.78. The summed E-state index contributed by atoms with van der Waals surface area (Å²) < 4.78 is 6.14. The molecule has 0 aliphatic carbocycles. The molecule has 1 unspecified atom stereocenters. The van der Waals surface area contributed by atoms with Gasteiger partial charge in [0, 0.05) is 12.7 Å². The monoisotopic (exact) mass is 237 g/mol. The van der Waals surface area contributed by atoms with Gasteiger partial charge < -0.3 is 15.8 Å². The van der Waals surface area contributed by atoms with E-state index in [9.17, 15) is 9.59 Å². The first-order valence-electron chi connectivity index (χ1n) is 5.39. The van der Waals surface area contributed by atoms with Crippen molar-refractivity contribution in [2.24, 2.45) is 0 Å². The molecule has 0 amide bonds. The fourth-order valence-corrected chi connectivity index (χ4v) is 2.23. The number of nitrogens with zero attached hydrogens (tertiary/aromatic N) is 1. The van der Waals surface area contributed by atoms with Gasteiger partial charge in [-0.05, 0) is 18.9 Å². The number of rotatable bonds is 2. The summed E-state index contributed by atoms with van der Waals surface area (Å²) in [4.78, 5) is 23.7. The van der Waals surface area contributed by atoms with E-state index in [1.165, 1.54) is 11.7 Å². The fourth-order valence-electron chi connectivity index (χ4n) is 2.23. The summed E-state index contributed by atoms with van der Waals surface area (Å²) in [6.07, 6.45) is 1.17. The summed E-state index contributed by atoms with van der Waals surface area (Å²) in [6.45, 7) is 0. The first kappa shape index (κ1) is 11.5. The number of hydrogen-bond acceptors (Lipinski definition) is 5. The van der Waals surface area contributed by atoms with Crippen LogP contribution in [0.4, 0.5) is 11.4 Å². The molecular weight excluding hydrogens is 222 g/mol. The molecule has 0 saturated carbocycles. The highest BCUT2D eigenvalue weighted by atomic mass is 16.5. The number of carbonyl (C=O) groups is 1. The van der Waals surface area contributed by atoms with Gasteiger partial charge in [-0.1, -0.05) is 0 Å². The standard InChI is InChI=1S/C11H15N3O3/c1-13-7-5-6(12)8-3-4-9(11(16)17-2)14(8)10(7)15/h5,9,13H,3-4,12H2,1-2H3. The predicted molar refractivity (Wildman–Crippen MR) is 64.0 cm³/mol. The number of nitrogens with one attached hydrogen (secondary N) is 1. The van der Waals surface area contributed by atoms with Gasteiger partial charge in [-0.2, -0.15) is 0 Å². The Morgan fingerprint density at radius 2 is 2.35 bits per heavy atom. The van der Waals surface area contributed by atoms with Crippen molar-refractivity contribution in [2.75, 3.05) is 25.2 Å². The molecule has 0 saturated heterocycles. The van der Waals surface area contributed by atoms with Gasteiger partial charge in [-0.25, -0.2) is 4.79 Å². The van der Waals surface area contributed by atoms with Crippen molar-refractivity contribution in [3.8, 4) is 0 Å². The van der Waals surface area contributed by atoms with E-state index in [1.807, 2.05) is 0 Å². The molecule has 1 aliphatic heterocycles. The van der Waals surface area contributed by atoms with Crippen LogP contribution in [-0.4, -0.2) is 24.7 Å². The lowest BCUT2D eigenvalue weighted by Crippen LogP contribution is -2.30. The van der Waals surface area contributed by atoms with Gasteiger partial charge in [-0.15, -0.1) is 0 Å². The van der Waals surface area contributed by atoms with E-state index in [-0.39, 0.29) is 5.56 Å². The number of pyridine rings is 1. The molecule has 0 bridgehead atoms. The summed E-state index contributed by atoms with van der Waals surface area (Å²) in [5.74, 6) is -0.404. The third kappa shape index (κ3) is 1.65. The molecule has 2 heterocycles. The van der Waals surface area contributed by atoms with Crippen molar-refractivity contribution in [1.82, 2.24) is 4.57 Å². The van der Waals surface area contributed by atoms with Crippen LogP contribution >= 0.6 is 0 Å². The molecule has 6 heteroatoms. The molecule has 0 radical (unpaired) electrons. The maximum Gasteiger partial charge on any atom is 0.328 e. The Kier molecular flexibility index (Phi) is 2.79. The van der Waals surface area contributed by atoms with Crippen LogP contribution in [0.25, 0.3) is 0 Å². The molecular formula is C11H15N3O3. The van der Waals surface area contributed by atoms with Crippen molar-refractivity contribution in [3.63, 3.8) is 0 Å². The number of ether oxygens (including phenoxy) is 1. The molecule has 0 spiro atoms. The molecule has 0 aromatic carbocycles. The average molecular weight is 237 g/mol. The van der Waals surface area contributed by atoms with E-state index < -0.39 is 12.0 Å². The summed E-state index contributed by atoms with van der Waals surface area (Å²) in [7, 11) is 2.96. The van der Waals surface area contributed by atoms with Gasteiger partial charge in [0.1, 0.15) is 11.7 Å². The van der Waals surface area contributed by atoms with Crippen LogP contribution in [0.2, 0.25) is 0 Å². The van der Waals surface area contributed by atoms with E-state index in [0.29, 0.717) is 29.9 Å². The second kappa shape index (κ2) is 4.12. The summed E-state index contributed by atoms with van der Waals surface area (Å²) >= 11 is 0. The molecule has 6 nitrogen and oxygen atoms in total. The van der Waals surface area contributed by atoms with Crippen molar-refractivity contribution in [2.45, 2.75) is 18.9 Å². The maximum atomic E-state index is 12.1. The number of anilines is 2. The van der Waals surface area contributed by atoms with Crippen molar-refractivity contribution >= 4 is 17.3 Å². The van der Waals surface area contributed by atoms with Crippen molar-refractivity contribution in [1.29, 1.82) is 0 Å². The van der Waals surface area contributed by atoms with Gasteiger partial charge in [0.05, 0.1) is 12.8 Å². The van der Waals surface area contributed by atoms with E-state index in [4.69, 9.17) is 10.5 Å². The largest absolute Gasteiger partial charge is 0.467 e. The normalized spacial score (nSPS) is 17.6. The van der Waals surface area contributed by atoms with Crippen LogP contribution < -0.4 is 16.6 Å². The summed E-state index contributed by atoms with van der Waals surface area (Å²) in [5.41, 5.74) is 7.27. The number of aromatic nitrogens is 1. The Balaban J connectivity index is 2.61. The lowest BCUT2D eigenvalue weighted by atomic mass is 10.2. The number of methoxy groups -OCH3 is 1. The van der Waals surface area contributed by atoms with Gasteiger partial charge in [0.2, 0.25) is 0 Å². The van der Waals surface area contributed by atoms with Crippen LogP contribution in [0, 0.1) is 0 Å². The number of nitrogens with two attached hydrogens (primary N) is 1. The molecule has 1 aliphatic rings. The lowest BCUT2D eigenvalue weighted by molar-refractivity contribution is -0.144. The van der Waals surface area contributed by atoms with E-state index in [0.717, 1.165) is 0 Å².